The predicted octanol–water partition coefficient (Wildman–Crippen LogP) is 2.70. The molecule has 77 valence electrons. The standard InChI is InChI=1S/2C4H9.C2H5O.2Al.2H/c2*1-3-4-2;1-2-3;;;;/h2*1,3-4H2,2H3;2H2,1H3;;;;/q;;-1;;+1;;. The van der Waals surface area contributed by atoms with Crippen LogP contribution in [0.4, 0.5) is 0 Å². The number of hydrogen-bond acceptors (Lipinski definition) is 1. The van der Waals surface area contributed by atoms with Crippen LogP contribution in [0.2, 0.25) is 10.6 Å². The summed E-state index contributed by atoms with van der Waals surface area (Å²) >= 11 is 1.71. The molecule has 1 radical (unpaired) electrons. The largest absolute Gasteiger partial charge is 0.506 e. The van der Waals surface area contributed by atoms with Gasteiger partial charge in [0, 0.05) is 6.61 Å². The van der Waals surface area contributed by atoms with Gasteiger partial charge in [-0.3, -0.25) is 0 Å². The molecular weight excluding hydrogens is 190 g/mol. The van der Waals surface area contributed by atoms with Crippen LogP contribution in [0.25, 0.3) is 0 Å². The van der Waals surface area contributed by atoms with Crippen molar-refractivity contribution in [3.63, 3.8) is 0 Å². The van der Waals surface area contributed by atoms with Crippen molar-refractivity contribution in [2.75, 3.05) is 6.61 Å². The van der Waals surface area contributed by atoms with E-state index in [4.69, 9.17) is 0 Å². The van der Waals surface area contributed by atoms with Crippen molar-refractivity contribution in [3.05, 3.63) is 0 Å². The van der Waals surface area contributed by atoms with Crippen LogP contribution in [0.5, 0.6) is 0 Å². The van der Waals surface area contributed by atoms with Gasteiger partial charge < -0.3 is 3.79 Å². The molecule has 0 saturated heterocycles. The van der Waals surface area contributed by atoms with E-state index in [1.807, 2.05) is 6.92 Å². The Kier molecular flexibility index (Phi) is 23.7. The van der Waals surface area contributed by atoms with Crippen molar-refractivity contribution in [2.24, 2.45) is 0 Å². The molecule has 0 N–H and O–H groups in total. The highest BCUT2D eigenvalue weighted by molar-refractivity contribution is 6.35. The summed E-state index contributed by atoms with van der Waals surface area (Å²) in [6.07, 6.45) is 5.72. The first kappa shape index (κ1) is 16.5. The normalized spacial score (nSPS) is 8.85. The van der Waals surface area contributed by atoms with Gasteiger partial charge in [-0.1, -0.05) is 39.5 Å². The highest BCUT2D eigenvalue weighted by atomic mass is 27.1. The summed E-state index contributed by atoms with van der Waals surface area (Å²) in [6.45, 7) is 7.43. The van der Waals surface area contributed by atoms with Crippen molar-refractivity contribution in [2.45, 2.75) is 57.0 Å². The molecule has 3 heteroatoms. The second-order valence-corrected chi connectivity index (χ2v) is 5.46. The third-order valence-electron chi connectivity index (χ3n) is 1.81. The summed E-state index contributed by atoms with van der Waals surface area (Å²) < 4.78 is 4.68. The molecule has 0 saturated carbocycles. The summed E-state index contributed by atoms with van der Waals surface area (Å²) in [4.78, 5) is 0. The van der Waals surface area contributed by atoms with E-state index >= 15 is 0 Å². The van der Waals surface area contributed by atoms with E-state index < -0.39 is 0 Å². The Balaban J connectivity index is 0. The monoisotopic (exact) mass is 215 g/mol. The molecule has 0 heterocycles. The third-order valence-corrected chi connectivity index (χ3v) is 4.02. The predicted molar refractivity (Wildman–Crippen MR) is 65.4 cm³/mol. The molecular formula is C10H25Al2O. The first-order chi connectivity index (χ1) is 6.33. The summed E-state index contributed by atoms with van der Waals surface area (Å²) in [5.74, 6) is 0. The molecule has 0 bridgehead atoms. The van der Waals surface area contributed by atoms with E-state index in [0.29, 0.717) is 0 Å². The summed E-state index contributed by atoms with van der Waals surface area (Å²) in [5, 5.41) is 3.08. The van der Waals surface area contributed by atoms with Gasteiger partial charge in [-0.2, -0.15) is 0 Å². The van der Waals surface area contributed by atoms with Crippen LogP contribution in [0, 0.1) is 0 Å². The second-order valence-electron chi connectivity index (χ2n) is 3.15. The average Bonchev–Trinajstić information content (AvgIpc) is 2.18. The van der Waals surface area contributed by atoms with Crippen LogP contribution in [-0.2, 0) is 3.79 Å². The van der Waals surface area contributed by atoms with Gasteiger partial charge in [-0.25, -0.2) is 0 Å². The maximum Gasteiger partial charge on any atom is 0.410 e. The van der Waals surface area contributed by atoms with Gasteiger partial charge in [0.1, 0.15) is 0 Å². The van der Waals surface area contributed by atoms with Crippen LogP contribution in [0.3, 0.4) is 0 Å². The quantitative estimate of drug-likeness (QED) is 0.468. The van der Waals surface area contributed by atoms with E-state index in [-0.39, 0.29) is 0 Å². The lowest BCUT2D eigenvalue weighted by Crippen LogP contribution is -1.87. The number of rotatable bonds is 7. The van der Waals surface area contributed by atoms with Crippen LogP contribution in [0.1, 0.15) is 46.5 Å². The van der Waals surface area contributed by atoms with Gasteiger partial charge in [0.25, 0.3) is 0 Å². The maximum absolute atomic E-state index is 4.68. The van der Waals surface area contributed by atoms with Crippen LogP contribution >= 0.6 is 0 Å². The molecule has 0 rings (SSSR count). The van der Waals surface area contributed by atoms with Crippen LogP contribution in [-0.4, -0.2) is 38.5 Å². The summed E-state index contributed by atoms with van der Waals surface area (Å²) in [6, 6.07) is 0. The molecule has 0 aromatic heterocycles. The zero-order valence-corrected chi connectivity index (χ0v) is 13.1. The van der Waals surface area contributed by atoms with E-state index in [0.717, 1.165) is 38.5 Å². The van der Waals surface area contributed by atoms with Gasteiger partial charge in [-0.05, 0) is 6.92 Å². The molecule has 0 atom stereocenters. The molecule has 0 aliphatic rings. The Hall–Kier alpha value is 1.02. The fourth-order valence-corrected chi connectivity index (χ4v) is 2.52. The lowest BCUT2D eigenvalue weighted by molar-refractivity contribution is 0.375. The minimum atomic E-state index is 0.818. The zero-order chi connectivity index (χ0) is 10.4. The van der Waals surface area contributed by atoms with Gasteiger partial charge >= 0.3 is 16.6 Å². The van der Waals surface area contributed by atoms with Gasteiger partial charge in [-0.15, -0.1) is 10.6 Å². The lowest BCUT2D eigenvalue weighted by Gasteiger charge is -1.93. The first-order valence-electron chi connectivity index (χ1n) is 5.63. The highest BCUT2D eigenvalue weighted by Gasteiger charge is 1.89. The molecule has 0 unspecified atom stereocenters. The molecule has 13 heavy (non-hydrogen) atoms. The van der Waals surface area contributed by atoms with E-state index in [9.17, 15) is 0 Å². The number of unbranched alkanes of at least 4 members (excludes halogenated alkanes) is 2. The molecule has 0 aliphatic heterocycles. The van der Waals surface area contributed by atoms with Crippen molar-refractivity contribution in [1.29, 1.82) is 0 Å². The zero-order valence-electron chi connectivity index (χ0n) is 9.94. The van der Waals surface area contributed by atoms with Gasteiger partial charge in [0.05, 0.1) is 0 Å². The van der Waals surface area contributed by atoms with Crippen molar-refractivity contribution < 1.29 is 3.79 Å². The first-order valence-corrected chi connectivity index (χ1v) is 8.08. The van der Waals surface area contributed by atoms with Crippen molar-refractivity contribution >= 4 is 31.8 Å². The Labute approximate surface area is 99.1 Å². The molecule has 0 amide bonds. The lowest BCUT2D eigenvalue weighted by atomic mass is 10.4. The third kappa shape index (κ3) is 24.6. The Morgan fingerprint density at radius 2 is 1.38 bits per heavy atom. The minimum absolute atomic E-state index is 0.818. The molecule has 0 aromatic carbocycles. The van der Waals surface area contributed by atoms with Gasteiger partial charge in [0.15, 0.2) is 15.2 Å². The van der Waals surface area contributed by atoms with Crippen molar-refractivity contribution in [3.8, 4) is 0 Å². The molecule has 0 spiro atoms. The van der Waals surface area contributed by atoms with E-state index in [1.54, 1.807) is 0 Å². The number of hydrogen-bond donors (Lipinski definition) is 0. The molecule has 1 nitrogen and oxygen atoms in total. The van der Waals surface area contributed by atoms with Crippen LogP contribution < -0.4 is 0 Å². The van der Waals surface area contributed by atoms with E-state index in [2.05, 4.69) is 17.6 Å². The topological polar surface area (TPSA) is 9.23 Å². The summed E-state index contributed by atoms with van der Waals surface area (Å²) in [7, 11) is 0. The molecule has 0 aliphatic carbocycles. The second kappa shape index (κ2) is 18.7. The smallest absolute Gasteiger partial charge is 0.410 e. The highest BCUT2D eigenvalue weighted by Crippen LogP contribution is 1.99. The minimum Gasteiger partial charge on any atom is -0.506 e. The van der Waals surface area contributed by atoms with E-state index in [1.165, 1.54) is 36.2 Å². The maximum atomic E-state index is 4.68. The molecule has 0 fully saturated rings. The Morgan fingerprint density at radius 1 is 1.00 bits per heavy atom. The Bertz CT molecular complexity index is 61.9. The Morgan fingerprint density at radius 3 is 1.62 bits per heavy atom. The van der Waals surface area contributed by atoms with Gasteiger partial charge in [0.2, 0.25) is 0 Å². The van der Waals surface area contributed by atoms with Crippen molar-refractivity contribution in [1.82, 2.24) is 0 Å². The molecule has 0 aromatic rings. The average molecular weight is 215 g/mol. The summed E-state index contributed by atoms with van der Waals surface area (Å²) in [5.41, 5.74) is 0. The fourth-order valence-electron chi connectivity index (χ4n) is 0.841. The SMILES string of the molecule is CCC[CH2][Al][CH2]CCC.CC[O][AlH2]. The fraction of sp³-hybridized carbons (Fsp3) is 1.00. The van der Waals surface area contributed by atoms with Crippen LogP contribution in [0.15, 0.2) is 0 Å².